The average Bonchev–Trinajstić information content (AvgIpc) is 1.39. The van der Waals surface area contributed by atoms with Crippen LogP contribution in [-0.4, -0.2) is 0 Å². The second-order valence-electron chi connectivity index (χ2n) is 0.167. The molecule has 0 saturated carbocycles. The fourth-order valence-electron chi connectivity index (χ4n) is 0. The van der Waals surface area contributed by atoms with Gasteiger partial charge in [-0.1, -0.05) is 0 Å². The van der Waals surface area contributed by atoms with E-state index >= 15 is 0 Å². The van der Waals surface area contributed by atoms with Crippen LogP contribution in [0.5, 0.6) is 0 Å². The van der Waals surface area contributed by atoms with Gasteiger partial charge in [-0.15, -0.1) is 0 Å². The van der Waals surface area contributed by atoms with Crippen LogP contribution in [0.2, 0.25) is 0 Å². The predicted octanol–water partition coefficient (Wildman–Crippen LogP) is -0.478. The second-order valence-corrected chi connectivity index (χ2v) is 1.10. The van der Waals surface area contributed by atoms with Gasteiger partial charge >= 0.3 is 68.5 Å². The molecule has 0 atom stereocenters. The zero-order valence-corrected chi connectivity index (χ0v) is 8.23. The van der Waals surface area contributed by atoms with Gasteiger partial charge in [-0.3, -0.25) is 0 Å². The summed E-state index contributed by atoms with van der Waals surface area (Å²) in [4.78, 5) is 0. The summed E-state index contributed by atoms with van der Waals surface area (Å²) in [5, 5.41) is 0. The molecule has 0 fully saturated rings. The molecule has 0 bridgehead atoms. The first-order chi connectivity index (χ1) is 2.83. The quantitative estimate of drug-likeness (QED) is 0.605. The molecule has 0 aromatic carbocycles. The van der Waals surface area contributed by atoms with Crippen molar-refractivity contribution in [1.29, 1.82) is 0 Å². The summed E-state index contributed by atoms with van der Waals surface area (Å²) in [5.41, 5.74) is 0. The SMILES string of the molecule is [O]=[Ce]=[O].[O]=[Zr]=[O]. The molecule has 0 N–H and O–H groups in total. The minimum absolute atomic E-state index is 2.27. The monoisotopic (exact) mass is 294 g/mol. The van der Waals surface area contributed by atoms with Gasteiger partial charge in [0, 0.05) is 0 Å². The van der Waals surface area contributed by atoms with Crippen molar-refractivity contribution in [2.75, 3.05) is 0 Å². The number of hydrogen-bond acceptors (Lipinski definition) is 4. The molecule has 0 aliphatic carbocycles. The number of rotatable bonds is 0. The Bertz CT molecular complexity index is 61.5. The van der Waals surface area contributed by atoms with Gasteiger partial charge in [0.15, 0.2) is 0 Å². The van der Waals surface area contributed by atoms with Gasteiger partial charge in [0.25, 0.3) is 0 Å². The first kappa shape index (κ1) is 10.4. The maximum atomic E-state index is 8.57. The summed E-state index contributed by atoms with van der Waals surface area (Å²) in [5.74, 6) is 0. The van der Waals surface area contributed by atoms with Crippen LogP contribution < -0.4 is 0 Å². The van der Waals surface area contributed by atoms with Crippen LogP contribution in [0, 0.1) is 37.8 Å². The van der Waals surface area contributed by atoms with Crippen molar-refractivity contribution in [3.05, 3.63) is 0 Å². The van der Waals surface area contributed by atoms with E-state index in [0.717, 1.165) is 0 Å². The number of hydrogen-bond donors (Lipinski definition) is 0. The Morgan fingerprint density at radius 1 is 1.17 bits per heavy atom. The van der Waals surface area contributed by atoms with Crippen LogP contribution in [0.25, 0.3) is 0 Å². The molecule has 0 aliphatic rings. The molecule has 6 heteroatoms. The Morgan fingerprint density at radius 2 is 1.17 bits per heavy atom. The summed E-state index contributed by atoms with van der Waals surface area (Å²) < 4.78 is 34.2. The van der Waals surface area contributed by atoms with E-state index in [1.54, 1.807) is 0 Å². The average molecular weight is 295 g/mol. The predicted molar refractivity (Wildman–Crippen MR) is 2.75 cm³/mol. The standard InChI is InChI=1S/Ce.4O.Zr. The fraction of sp³-hybridized carbons (Fsp3) is 0. The molecule has 0 amide bonds. The third kappa shape index (κ3) is 51.0. The van der Waals surface area contributed by atoms with Crippen LogP contribution in [0.4, 0.5) is 0 Å². The van der Waals surface area contributed by atoms with E-state index < -0.39 is 61.0 Å². The zero-order chi connectivity index (χ0) is 5.41. The van der Waals surface area contributed by atoms with E-state index in [1.807, 2.05) is 0 Å². The van der Waals surface area contributed by atoms with Crippen molar-refractivity contribution in [1.82, 2.24) is 0 Å². The molecule has 0 rings (SSSR count). The summed E-state index contributed by atoms with van der Waals surface area (Å²) >= 11 is -4.69. The van der Waals surface area contributed by atoms with Crippen LogP contribution in [0.15, 0.2) is 0 Å². The van der Waals surface area contributed by atoms with Gasteiger partial charge in [0.1, 0.15) is 0 Å². The topological polar surface area (TPSA) is 68.3 Å². The molecule has 0 aromatic rings. The van der Waals surface area contributed by atoms with Crippen LogP contribution in [0.1, 0.15) is 0 Å². The first-order valence-corrected chi connectivity index (χ1v) is 5.39. The second kappa shape index (κ2) is 16.1. The van der Waals surface area contributed by atoms with Gasteiger partial charge in [0.05, 0.1) is 0 Å². The van der Waals surface area contributed by atoms with E-state index in [1.165, 1.54) is 0 Å². The Hall–Kier alpha value is 1.46. The van der Waals surface area contributed by atoms with Gasteiger partial charge in [-0.05, 0) is 0 Å². The maximum absolute atomic E-state index is 8.57. The van der Waals surface area contributed by atoms with Crippen molar-refractivity contribution in [2.24, 2.45) is 0 Å². The fourth-order valence-corrected chi connectivity index (χ4v) is 0. The van der Waals surface area contributed by atoms with Gasteiger partial charge in [-0.2, -0.15) is 0 Å². The molecule has 0 heterocycles. The normalized spacial score (nSPS) is 2.67. The van der Waals surface area contributed by atoms with Crippen molar-refractivity contribution in [2.45, 2.75) is 0 Å². The summed E-state index contributed by atoms with van der Waals surface area (Å²) in [6, 6.07) is 0. The van der Waals surface area contributed by atoms with Crippen molar-refractivity contribution in [3.63, 3.8) is 0 Å². The molecule has 6 heavy (non-hydrogen) atoms. The molecule has 0 aromatic heterocycles. The van der Waals surface area contributed by atoms with Crippen molar-refractivity contribution >= 4 is 0 Å². The van der Waals surface area contributed by atoms with Gasteiger partial charge < -0.3 is 0 Å². The Labute approximate surface area is 67.1 Å². The molecule has 32 valence electrons. The van der Waals surface area contributed by atoms with E-state index in [9.17, 15) is 0 Å². The molecule has 0 spiro atoms. The Kier molecular flexibility index (Phi) is 28.0. The first-order valence-electron chi connectivity index (χ1n) is 0.816. The van der Waals surface area contributed by atoms with Crippen LogP contribution in [-0.2, 0) is 30.7 Å². The molecule has 4 nitrogen and oxygen atoms in total. The van der Waals surface area contributed by atoms with Crippen LogP contribution in [0.3, 0.4) is 0 Å². The van der Waals surface area contributed by atoms with Gasteiger partial charge in [0.2, 0.25) is 0 Å². The molecule has 0 saturated heterocycles. The van der Waals surface area contributed by atoms with E-state index in [0.29, 0.717) is 0 Å². The van der Waals surface area contributed by atoms with E-state index in [4.69, 9.17) is 7.50 Å². The third-order valence-corrected chi connectivity index (χ3v) is 0. The van der Waals surface area contributed by atoms with Gasteiger partial charge in [-0.25, -0.2) is 0 Å². The minimum atomic E-state index is -2.42. The Balaban J connectivity index is 0. The molecule has 0 unspecified atom stereocenters. The summed E-state index contributed by atoms with van der Waals surface area (Å²) in [6.07, 6.45) is 0. The Morgan fingerprint density at radius 3 is 1.17 bits per heavy atom. The van der Waals surface area contributed by atoms with Crippen molar-refractivity contribution < 1.29 is 68.5 Å². The molecular weight excluding hydrogens is 295 g/mol. The molecule has 0 aliphatic heterocycles. The third-order valence-electron chi connectivity index (χ3n) is 0. The van der Waals surface area contributed by atoms with E-state index in [2.05, 4.69) is 0 Å². The molecular formula is CeO4Zr. The summed E-state index contributed by atoms with van der Waals surface area (Å²) in [7, 11) is 0. The van der Waals surface area contributed by atoms with E-state index in [-0.39, 0.29) is 0 Å². The van der Waals surface area contributed by atoms with Crippen molar-refractivity contribution in [3.8, 4) is 0 Å². The zero-order valence-electron chi connectivity index (χ0n) is 2.63. The van der Waals surface area contributed by atoms with Crippen LogP contribution >= 0.6 is 0 Å². The summed E-state index contributed by atoms with van der Waals surface area (Å²) in [6.45, 7) is 0. The molecule has 0 radical (unpaired) electrons.